The van der Waals surface area contributed by atoms with E-state index in [0.29, 0.717) is 34.2 Å². The van der Waals surface area contributed by atoms with Crippen LogP contribution in [0.25, 0.3) is 0 Å². The maximum absolute atomic E-state index is 13.4. The molecular weight excluding hydrogens is 569 g/mol. The zero-order valence-corrected chi connectivity index (χ0v) is 24.5. The second kappa shape index (κ2) is 13.0. The third-order valence-electron chi connectivity index (χ3n) is 7.26. The van der Waals surface area contributed by atoms with Crippen molar-refractivity contribution in [1.29, 1.82) is 5.26 Å². The molecule has 1 aliphatic carbocycles. The van der Waals surface area contributed by atoms with Crippen LogP contribution in [0.5, 0.6) is 0 Å². The number of amides is 2. The minimum atomic E-state index is -0.516. The number of nitriles is 1. The summed E-state index contributed by atoms with van der Waals surface area (Å²) < 4.78 is 0. The summed E-state index contributed by atoms with van der Waals surface area (Å²) in [4.78, 5) is 38.4. The van der Waals surface area contributed by atoms with Crippen LogP contribution in [0.4, 0.5) is 16.4 Å². The summed E-state index contributed by atoms with van der Waals surface area (Å²) in [5, 5.41) is 26.9. The first-order valence-electron chi connectivity index (χ1n) is 13.6. The minimum Gasteiger partial charge on any atom is -0.322 e. The monoisotopic (exact) mass is 596 g/mol. The van der Waals surface area contributed by atoms with Gasteiger partial charge in [0.1, 0.15) is 11.1 Å². The Labute approximate surface area is 251 Å². The molecule has 1 aromatic heterocycles. The molecule has 0 radical (unpaired) electrons. The Hall–Kier alpha value is -4.46. The Morgan fingerprint density at radius 1 is 1.10 bits per heavy atom. The summed E-state index contributed by atoms with van der Waals surface area (Å²) in [6, 6.07) is 25.3. The SMILES string of the molecule is CCC(Sc1cccc(NC(=O)c2ccc([N+](=O)[O-])cc2)c1)C(=O)Nc1sc2c(c1C#N)CCC(c1ccccc1)C2. The van der Waals surface area contributed by atoms with Gasteiger partial charge in [-0.2, -0.15) is 5.26 Å². The molecule has 10 heteroatoms. The van der Waals surface area contributed by atoms with Gasteiger partial charge in [0.2, 0.25) is 5.91 Å². The van der Waals surface area contributed by atoms with Crippen molar-refractivity contribution >= 4 is 51.3 Å². The Morgan fingerprint density at radius 3 is 2.55 bits per heavy atom. The minimum absolute atomic E-state index is 0.0881. The van der Waals surface area contributed by atoms with Crippen LogP contribution >= 0.6 is 23.1 Å². The number of nitro benzene ring substituents is 1. The summed E-state index contributed by atoms with van der Waals surface area (Å²) in [6.07, 6.45) is 3.21. The number of carbonyl (C=O) groups excluding carboxylic acids is 2. The van der Waals surface area contributed by atoms with E-state index in [4.69, 9.17) is 0 Å². The van der Waals surface area contributed by atoms with Crippen molar-refractivity contribution in [3.63, 3.8) is 0 Å². The summed E-state index contributed by atoms with van der Waals surface area (Å²) in [5.74, 6) is -0.158. The largest absolute Gasteiger partial charge is 0.322 e. The fourth-order valence-corrected chi connectivity index (χ4v) is 7.36. The predicted molar refractivity (Wildman–Crippen MR) is 166 cm³/mol. The van der Waals surface area contributed by atoms with Crippen LogP contribution in [0.15, 0.2) is 83.8 Å². The summed E-state index contributed by atoms with van der Waals surface area (Å²) in [6.45, 7) is 1.94. The topological polar surface area (TPSA) is 125 Å². The van der Waals surface area contributed by atoms with Crippen molar-refractivity contribution < 1.29 is 14.5 Å². The molecule has 0 saturated heterocycles. The van der Waals surface area contributed by atoms with E-state index in [-0.39, 0.29) is 11.6 Å². The van der Waals surface area contributed by atoms with Crippen LogP contribution in [0.1, 0.15) is 57.6 Å². The van der Waals surface area contributed by atoms with Crippen molar-refractivity contribution in [2.75, 3.05) is 10.6 Å². The van der Waals surface area contributed by atoms with Crippen LogP contribution in [0.3, 0.4) is 0 Å². The molecule has 0 bridgehead atoms. The number of non-ortho nitro benzene ring substituents is 1. The van der Waals surface area contributed by atoms with E-state index >= 15 is 0 Å². The van der Waals surface area contributed by atoms with E-state index in [2.05, 4.69) is 41.0 Å². The quantitative estimate of drug-likeness (QED) is 0.117. The molecule has 8 nitrogen and oxygen atoms in total. The lowest BCUT2D eigenvalue weighted by atomic mass is 9.83. The maximum atomic E-state index is 13.4. The molecule has 0 fully saturated rings. The molecule has 1 heterocycles. The van der Waals surface area contributed by atoms with Gasteiger partial charge in [0.25, 0.3) is 11.6 Å². The zero-order valence-electron chi connectivity index (χ0n) is 22.8. The molecule has 212 valence electrons. The highest BCUT2D eigenvalue weighted by Gasteiger charge is 2.28. The van der Waals surface area contributed by atoms with E-state index in [1.807, 2.05) is 19.1 Å². The van der Waals surface area contributed by atoms with E-state index in [1.165, 1.54) is 57.8 Å². The van der Waals surface area contributed by atoms with E-state index in [9.17, 15) is 25.0 Å². The molecule has 2 amide bonds. The second-order valence-electron chi connectivity index (χ2n) is 9.96. The number of rotatable bonds is 9. The smallest absolute Gasteiger partial charge is 0.269 e. The number of nitrogens with one attached hydrogen (secondary N) is 2. The van der Waals surface area contributed by atoms with Crippen LogP contribution in [-0.2, 0) is 17.6 Å². The van der Waals surface area contributed by atoms with Crippen molar-refractivity contribution in [3.8, 4) is 6.07 Å². The lowest BCUT2D eigenvalue weighted by Crippen LogP contribution is -2.24. The number of anilines is 2. The highest BCUT2D eigenvalue weighted by molar-refractivity contribution is 8.00. The zero-order chi connectivity index (χ0) is 29.6. The van der Waals surface area contributed by atoms with Gasteiger partial charge in [0.05, 0.1) is 15.7 Å². The van der Waals surface area contributed by atoms with Crippen LogP contribution in [0.2, 0.25) is 0 Å². The average molecular weight is 597 g/mol. The van der Waals surface area contributed by atoms with Crippen molar-refractivity contribution in [1.82, 2.24) is 0 Å². The number of thiophene rings is 1. The molecule has 0 aliphatic heterocycles. The number of fused-ring (bicyclic) bond motifs is 1. The summed E-state index contributed by atoms with van der Waals surface area (Å²) in [7, 11) is 0. The Morgan fingerprint density at radius 2 is 1.86 bits per heavy atom. The molecule has 2 unspecified atom stereocenters. The van der Waals surface area contributed by atoms with Crippen molar-refractivity contribution in [2.24, 2.45) is 0 Å². The molecule has 3 aromatic carbocycles. The highest BCUT2D eigenvalue weighted by Crippen LogP contribution is 2.42. The number of thioether (sulfide) groups is 1. The molecule has 0 spiro atoms. The first-order valence-corrected chi connectivity index (χ1v) is 15.3. The molecular formula is C32H28N4O4S2. The normalized spacial score (nSPS) is 14.7. The van der Waals surface area contributed by atoms with E-state index < -0.39 is 16.1 Å². The molecule has 5 rings (SSSR count). The number of carbonyl (C=O) groups is 2. The van der Waals surface area contributed by atoms with E-state index in [1.54, 1.807) is 18.2 Å². The lowest BCUT2D eigenvalue weighted by Gasteiger charge is -2.22. The van der Waals surface area contributed by atoms with Gasteiger partial charge in [-0.25, -0.2) is 0 Å². The number of nitro groups is 1. The van der Waals surface area contributed by atoms with E-state index in [0.717, 1.165) is 29.7 Å². The highest BCUT2D eigenvalue weighted by atomic mass is 32.2. The lowest BCUT2D eigenvalue weighted by molar-refractivity contribution is -0.384. The Kier molecular flexibility index (Phi) is 9.00. The standard InChI is InChI=1S/C32H28N4O4S2/c1-2-28(41-25-10-6-9-23(18-25)34-30(37)21-11-14-24(15-12-21)36(39)40)31(38)35-32-27(19-33)26-16-13-22(17-29(26)42-32)20-7-4-3-5-8-20/h3-12,14-15,18,22,28H,2,13,16-17H2,1H3,(H,34,37)(H,35,38). The summed E-state index contributed by atoms with van der Waals surface area (Å²) >= 11 is 2.90. The van der Waals surface area contributed by atoms with Crippen molar-refractivity contribution in [3.05, 3.63) is 116 Å². The van der Waals surface area contributed by atoms with Gasteiger partial charge < -0.3 is 10.6 Å². The maximum Gasteiger partial charge on any atom is 0.269 e. The van der Waals surface area contributed by atoms with Gasteiger partial charge >= 0.3 is 0 Å². The van der Waals surface area contributed by atoms with Crippen LogP contribution < -0.4 is 10.6 Å². The third kappa shape index (κ3) is 6.54. The first kappa shape index (κ1) is 29.0. The Bertz CT molecular complexity index is 1660. The van der Waals surface area contributed by atoms with Gasteiger partial charge in [0, 0.05) is 33.2 Å². The van der Waals surface area contributed by atoms with Gasteiger partial charge in [-0.15, -0.1) is 23.1 Å². The van der Waals surface area contributed by atoms with Crippen molar-refractivity contribution in [2.45, 2.75) is 48.7 Å². The molecule has 2 atom stereocenters. The van der Waals surface area contributed by atoms with Crippen LogP contribution in [0, 0.1) is 21.4 Å². The Balaban J connectivity index is 1.25. The third-order valence-corrected chi connectivity index (χ3v) is 9.79. The molecule has 42 heavy (non-hydrogen) atoms. The molecule has 0 saturated carbocycles. The molecule has 4 aromatic rings. The molecule has 1 aliphatic rings. The van der Waals surface area contributed by atoms with Gasteiger partial charge in [0.15, 0.2) is 0 Å². The number of hydrogen-bond donors (Lipinski definition) is 2. The first-order chi connectivity index (χ1) is 20.4. The summed E-state index contributed by atoms with van der Waals surface area (Å²) in [5.41, 5.74) is 3.69. The number of hydrogen-bond acceptors (Lipinski definition) is 7. The van der Waals surface area contributed by atoms with Gasteiger partial charge in [-0.3, -0.25) is 19.7 Å². The van der Waals surface area contributed by atoms with Crippen LogP contribution in [-0.4, -0.2) is 22.0 Å². The number of nitrogens with zero attached hydrogens (tertiary/aromatic N) is 2. The fourth-order valence-electron chi connectivity index (χ4n) is 5.07. The second-order valence-corrected chi connectivity index (χ2v) is 12.3. The van der Waals surface area contributed by atoms with Gasteiger partial charge in [-0.05, 0) is 73.1 Å². The van der Waals surface area contributed by atoms with Gasteiger partial charge in [-0.1, -0.05) is 43.3 Å². The predicted octanol–water partition coefficient (Wildman–Crippen LogP) is 7.56. The number of benzene rings is 3. The average Bonchev–Trinajstić information content (AvgIpc) is 3.36. The molecule has 2 N–H and O–H groups in total. The fraction of sp³-hybridized carbons (Fsp3) is 0.219.